The molecule has 0 bridgehead atoms. The van der Waals surface area contributed by atoms with Gasteiger partial charge in [0.2, 0.25) is 5.88 Å². The largest absolute Gasteiger partial charge is 0.480 e. The van der Waals surface area contributed by atoms with E-state index in [9.17, 15) is 0 Å². The summed E-state index contributed by atoms with van der Waals surface area (Å²) >= 11 is 0. The second-order valence-electron chi connectivity index (χ2n) is 2.18. The maximum Gasteiger partial charge on any atom is 0.238 e. The lowest BCUT2D eigenvalue weighted by molar-refractivity contribution is 0.273. The van der Waals surface area contributed by atoms with Gasteiger partial charge in [-0.05, 0) is 6.92 Å². The van der Waals surface area contributed by atoms with E-state index in [1.807, 2.05) is 6.92 Å². The molecule has 62 valence electrons. The van der Waals surface area contributed by atoms with Gasteiger partial charge in [0.25, 0.3) is 0 Å². The van der Waals surface area contributed by atoms with Crippen LogP contribution in [0.1, 0.15) is 12.5 Å². The van der Waals surface area contributed by atoms with Crippen LogP contribution in [0, 0.1) is 0 Å². The Bertz CT molecular complexity index is 211. The zero-order valence-electron chi connectivity index (χ0n) is 6.74. The lowest BCUT2D eigenvalue weighted by Gasteiger charge is -1.93. The van der Waals surface area contributed by atoms with Crippen molar-refractivity contribution in [2.24, 2.45) is 0 Å². The van der Waals surface area contributed by atoms with Gasteiger partial charge < -0.3 is 9.84 Å². The first-order chi connectivity index (χ1) is 5.31. The molecule has 0 amide bonds. The van der Waals surface area contributed by atoms with Crippen molar-refractivity contribution < 1.29 is 9.84 Å². The highest BCUT2D eigenvalue weighted by atomic mass is 16.5. The van der Waals surface area contributed by atoms with Crippen LogP contribution in [-0.4, -0.2) is 22.0 Å². The molecule has 1 N–H and O–H groups in total. The number of aryl methyl sites for hydroxylation is 1. The smallest absolute Gasteiger partial charge is 0.238 e. The summed E-state index contributed by atoms with van der Waals surface area (Å²) in [6, 6.07) is 0. The van der Waals surface area contributed by atoms with Crippen molar-refractivity contribution in [3.05, 3.63) is 11.8 Å². The minimum Gasteiger partial charge on any atom is -0.480 e. The van der Waals surface area contributed by atoms with Crippen LogP contribution in [-0.2, 0) is 13.2 Å². The molecule has 0 aliphatic heterocycles. The highest BCUT2D eigenvalue weighted by Gasteiger charge is 2.05. The molecule has 0 fully saturated rings. The first-order valence-corrected chi connectivity index (χ1v) is 3.53. The fraction of sp³-hybridized carbons (Fsp3) is 0.571. The first-order valence-electron chi connectivity index (χ1n) is 3.53. The van der Waals surface area contributed by atoms with Crippen molar-refractivity contribution in [3.8, 4) is 5.88 Å². The molecule has 1 rings (SSSR count). The quantitative estimate of drug-likeness (QED) is 0.689. The summed E-state index contributed by atoms with van der Waals surface area (Å²) in [5.74, 6) is 0.509. The zero-order chi connectivity index (χ0) is 8.27. The summed E-state index contributed by atoms with van der Waals surface area (Å²) in [5.41, 5.74) is 0.731. The molecule has 0 saturated carbocycles. The molecule has 1 aromatic heterocycles. The molecule has 1 aromatic rings. The van der Waals surface area contributed by atoms with Gasteiger partial charge in [0.05, 0.1) is 19.3 Å². The van der Waals surface area contributed by atoms with Gasteiger partial charge >= 0.3 is 0 Å². The molecule has 0 atom stereocenters. The van der Waals surface area contributed by atoms with Crippen LogP contribution in [0.15, 0.2) is 6.20 Å². The Morgan fingerprint density at radius 2 is 2.45 bits per heavy atom. The summed E-state index contributed by atoms with van der Waals surface area (Å²) < 4.78 is 6.65. The Kier molecular flexibility index (Phi) is 2.48. The molecule has 0 spiro atoms. The van der Waals surface area contributed by atoms with Crippen molar-refractivity contribution >= 4 is 0 Å². The number of ether oxygens (including phenoxy) is 1. The molecule has 1 heterocycles. The van der Waals surface area contributed by atoms with E-state index in [1.165, 1.54) is 0 Å². The maximum atomic E-state index is 8.83. The average Bonchev–Trinajstić information content (AvgIpc) is 2.46. The monoisotopic (exact) mass is 156 g/mol. The second kappa shape index (κ2) is 3.39. The normalized spacial score (nSPS) is 10.1. The van der Waals surface area contributed by atoms with Crippen molar-refractivity contribution in [2.75, 3.05) is 7.11 Å². The van der Waals surface area contributed by atoms with Gasteiger partial charge in [-0.15, -0.1) is 5.10 Å². The average molecular weight is 156 g/mol. The molecule has 0 radical (unpaired) electrons. The van der Waals surface area contributed by atoms with E-state index in [0.29, 0.717) is 5.88 Å². The number of methoxy groups -OCH3 is 1. The molecule has 0 aliphatic carbocycles. The number of hydrogen-bond donors (Lipinski definition) is 1. The Morgan fingerprint density at radius 1 is 1.73 bits per heavy atom. The summed E-state index contributed by atoms with van der Waals surface area (Å²) in [6.45, 7) is 2.74. The van der Waals surface area contributed by atoms with Crippen molar-refractivity contribution in [2.45, 2.75) is 20.1 Å². The van der Waals surface area contributed by atoms with Crippen molar-refractivity contribution in [1.82, 2.24) is 9.78 Å². The van der Waals surface area contributed by atoms with Crippen LogP contribution >= 0.6 is 0 Å². The Labute approximate surface area is 65.4 Å². The van der Waals surface area contributed by atoms with Gasteiger partial charge in [-0.1, -0.05) is 0 Å². The van der Waals surface area contributed by atoms with E-state index in [0.717, 1.165) is 12.1 Å². The number of nitrogens with zero attached hydrogens (tertiary/aromatic N) is 2. The lowest BCUT2D eigenvalue weighted by atomic mass is 10.4. The number of aromatic nitrogens is 2. The molecule has 4 nitrogen and oxygen atoms in total. The standard InChI is InChI=1S/C7H12N2O2/c1-3-9-4-6(5-10)7(8-9)11-2/h4,10H,3,5H2,1-2H3. The Balaban J connectivity index is 2.92. The molecular formula is C7H12N2O2. The predicted octanol–water partition coefficient (Wildman–Crippen LogP) is 0.404. The van der Waals surface area contributed by atoms with Gasteiger partial charge in [0.1, 0.15) is 0 Å². The van der Waals surface area contributed by atoms with Gasteiger partial charge in [0, 0.05) is 12.7 Å². The second-order valence-corrected chi connectivity index (χ2v) is 2.18. The zero-order valence-corrected chi connectivity index (χ0v) is 6.74. The summed E-state index contributed by atoms with van der Waals surface area (Å²) in [6.07, 6.45) is 1.78. The van der Waals surface area contributed by atoms with E-state index in [4.69, 9.17) is 9.84 Å². The Morgan fingerprint density at radius 3 is 2.82 bits per heavy atom. The summed E-state index contributed by atoms with van der Waals surface area (Å²) in [5, 5.41) is 12.9. The predicted molar refractivity (Wildman–Crippen MR) is 40.4 cm³/mol. The fourth-order valence-corrected chi connectivity index (χ4v) is 0.887. The minimum atomic E-state index is -0.0246. The minimum absolute atomic E-state index is 0.0246. The van der Waals surface area contributed by atoms with Crippen LogP contribution in [0.25, 0.3) is 0 Å². The van der Waals surface area contributed by atoms with E-state index in [-0.39, 0.29) is 6.61 Å². The molecule has 4 heteroatoms. The van der Waals surface area contributed by atoms with E-state index in [2.05, 4.69) is 5.10 Å². The number of rotatable bonds is 3. The highest BCUT2D eigenvalue weighted by molar-refractivity contribution is 5.21. The third-order valence-electron chi connectivity index (χ3n) is 1.49. The molecule has 0 saturated heterocycles. The number of hydrogen-bond acceptors (Lipinski definition) is 3. The maximum absolute atomic E-state index is 8.83. The summed E-state index contributed by atoms with van der Waals surface area (Å²) in [7, 11) is 1.54. The van der Waals surface area contributed by atoms with Crippen LogP contribution in [0.4, 0.5) is 0 Å². The Hall–Kier alpha value is -1.03. The van der Waals surface area contributed by atoms with Crippen LogP contribution in [0.5, 0.6) is 5.88 Å². The van der Waals surface area contributed by atoms with Gasteiger partial charge in [-0.25, -0.2) is 0 Å². The SMILES string of the molecule is CCn1cc(CO)c(OC)n1. The van der Waals surface area contributed by atoms with Crippen LogP contribution < -0.4 is 4.74 Å². The third-order valence-corrected chi connectivity index (χ3v) is 1.49. The van der Waals surface area contributed by atoms with Gasteiger partial charge in [-0.2, -0.15) is 0 Å². The molecule has 0 aliphatic rings. The third kappa shape index (κ3) is 1.51. The van der Waals surface area contributed by atoms with Gasteiger partial charge in [-0.3, -0.25) is 4.68 Å². The first kappa shape index (κ1) is 8.07. The molecule has 0 unspecified atom stereocenters. The van der Waals surface area contributed by atoms with Crippen molar-refractivity contribution in [3.63, 3.8) is 0 Å². The highest BCUT2D eigenvalue weighted by Crippen LogP contribution is 2.14. The topological polar surface area (TPSA) is 47.3 Å². The van der Waals surface area contributed by atoms with Crippen molar-refractivity contribution in [1.29, 1.82) is 0 Å². The van der Waals surface area contributed by atoms with E-state index in [1.54, 1.807) is 18.0 Å². The lowest BCUT2D eigenvalue weighted by Crippen LogP contribution is -1.94. The fourth-order valence-electron chi connectivity index (χ4n) is 0.887. The van der Waals surface area contributed by atoms with Crippen LogP contribution in [0.2, 0.25) is 0 Å². The molecular weight excluding hydrogens is 144 g/mol. The van der Waals surface area contributed by atoms with Gasteiger partial charge in [0.15, 0.2) is 0 Å². The molecule has 11 heavy (non-hydrogen) atoms. The molecule has 0 aromatic carbocycles. The number of aliphatic hydroxyl groups excluding tert-OH is 1. The number of aliphatic hydroxyl groups is 1. The van der Waals surface area contributed by atoms with E-state index >= 15 is 0 Å². The van der Waals surface area contributed by atoms with E-state index < -0.39 is 0 Å². The van der Waals surface area contributed by atoms with Crippen LogP contribution in [0.3, 0.4) is 0 Å². The summed E-state index contributed by atoms with van der Waals surface area (Å²) in [4.78, 5) is 0.